The van der Waals surface area contributed by atoms with Crippen molar-refractivity contribution < 1.29 is 14.3 Å². The molecular weight excluding hydrogens is 278 g/mol. The van der Waals surface area contributed by atoms with Gasteiger partial charge in [-0.1, -0.05) is 6.92 Å². The number of hydrogen-bond acceptors (Lipinski definition) is 5. The highest BCUT2D eigenvalue weighted by molar-refractivity contribution is 7.98. The number of amides is 2. The van der Waals surface area contributed by atoms with E-state index in [4.69, 9.17) is 10.5 Å². The predicted octanol–water partition coefficient (Wildman–Crippen LogP) is -0.370. The Labute approximate surface area is 125 Å². The van der Waals surface area contributed by atoms with Gasteiger partial charge in [0.15, 0.2) is 0 Å². The van der Waals surface area contributed by atoms with Gasteiger partial charge in [-0.15, -0.1) is 0 Å². The van der Waals surface area contributed by atoms with E-state index in [1.807, 2.05) is 30.0 Å². The molecule has 1 aliphatic rings. The average molecular weight is 303 g/mol. The Morgan fingerprint density at radius 2 is 2.25 bits per heavy atom. The first-order valence-corrected chi connectivity index (χ1v) is 8.19. The van der Waals surface area contributed by atoms with Crippen molar-refractivity contribution in [1.29, 1.82) is 0 Å². The molecule has 1 heterocycles. The molecule has 2 atom stereocenters. The average Bonchev–Trinajstić information content (AvgIpc) is 2.37. The first-order chi connectivity index (χ1) is 9.43. The van der Waals surface area contributed by atoms with E-state index in [-0.39, 0.29) is 30.4 Å². The van der Waals surface area contributed by atoms with Crippen LogP contribution in [0.15, 0.2) is 0 Å². The van der Waals surface area contributed by atoms with Crippen LogP contribution in [0.5, 0.6) is 0 Å². The molecule has 0 saturated carbocycles. The number of rotatable bonds is 7. The van der Waals surface area contributed by atoms with Crippen molar-refractivity contribution in [2.45, 2.75) is 13.0 Å². The summed E-state index contributed by atoms with van der Waals surface area (Å²) >= 11 is 1.68. The number of likely N-dealkylation sites (N-methyl/N-ethyl adjacent to an activating group) is 1. The van der Waals surface area contributed by atoms with Crippen LogP contribution < -0.4 is 5.73 Å². The van der Waals surface area contributed by atoms with Gasteiger partial charge < -0.3 is 15.4 Å². The number of thioether (sulfide) groups is 1. The van der Waals surface area contributed by atoms with E-state index in [2.05, 4.69) is 0 Å². The largest absolute Gasteiger partial charge is 0.373 e. The third-order valence-electron chi connectivity index (χ3n) is 3.23. The van der Waals surface area contributed by atoms with Crippen molar-refractivity contribution in [2.24, 2.45) is 11.7 Å². The summed E-state index contributed by atoms with van der Waals surface area (Å²) < 4.78 is 5.66. The second-order valence-corrected chi connectivity index (χ2v) is 6.21. The molecule has 1 fully saturated rings. The number of morpholine rings is 1. The summed E-state index contributed by atoms with van der Waals surface area (Å²) in [5.74, 6) is 0.699. The molecule has 2 amide bonds. The number of hydrogen-bond donors (Lipinski definition) is 1. The van der Waals surface area contributed by atoms with Crippen LogP contribution >= 0.6 is 11.8 Å². The van der Waals surface area contributed by atoms with E-state index < -0.39 is 0 Å². The molecule has 20 heavy (non-hydrogen) atoms. The Balaban J connectivity index is 2.45. The fourth-order valence-corrected chi connectivity index (χ4v) is 2.98. The second kappa shape index (κ2) is 8.49. The summed E-state index contributed by atoms with van der Waals surface area (Å²) in [7, 11) is 1.82. The van der Waals surface area contributed by atoms with E-state index in [9.17, 15) is 9.59 Å². The maximum atomic E-state index is 12.3. The number of carbonyl (C=O) groups excluding carboxylic acids is 2. The maximum Gasteiger partial charge on any atom is 0.231 e. The van der Waals surface area contributed by atoms with Gasteiger partial charge in [-0.05, 0) is 13.3 Å². The number of primary amides is 1. The molecule has 1 aliphatic heterocycles. The van der Waals surface area contributed by atoms with Crippen molar-refractivity contribution in [1.82, 2.24) is 9.80 Å². The van der Waals surface area contributed by atoms with Crippen LogP contribution in [-0.4, -0.2) is 79.6 Å². The molecular formula is C13H25N3O3S. The summed E-state index contributed by atoms with van der Waals surface area (Å²) in [5, 5.41) is 0. The molecule has 0 aromatic carbocycles. The molecule has 116 valence electrons. The van der Waals surface area contributed by atoms with Gasteiger partial charge in [-0.3, -0.25) is 14.5 Å². The van der Waals surface area contributed by atoms with E-state index in [1.54, 1.807) is 11.8 Å². The molecule has 0 spiro atoms. The zero-order chi connectivity index (χ0) is 15.1. The zero-order valence-electron chi connectivity index (χ0n) is 12.5. The summed E-state index contributed by atoms with van der Waals surface area (Å²) in [4.78, 5) is 26.8. The van der Waals surface area contributed by atoms with Gasteiger partial charge in [0.1, 0.15) is 0 Å². The van der Waals surface area contributed by atoms with Crippen molar-refractivity contribution in [3.05, 3.63) is 0 Å². The lowest BCUT2D eigenvalue weighted by molar-refractivity contribution is -0.142. The highest BCUT2D eigenvalue weighted by atomic mass is 32.2. The molecule has 0 aliphatic carbocycles. The van der Waals surface area contributed by atoms with Gasteiger partial charge in [0, 0.05) is 31.3 Å². The first-order valence-electron chi connectivity index (χ1n) is 6.80. The normalized spacial score (nSPS) is 21.0. The third-order valence-corrected chi connectivity index (χ3v) is 4.06. The van der Waals surface area contributed by atoms with Crippen molar-refractivity contribution in [2.75, 3.05) is 51.8 Å². The molecule has 0 bridgehead atoms. The maximum absolute atomic E-state index is 12.3. The van der Waals surface area contributed by atoms with Gasteiger partial charge in [0.05, 0.1) is 19.3 Å². The lowest BCUT2D eigenvalue weighted by Crippen LogP contribution is -2.51. The minimum absolute atomic E-state index is 0.0344. The van der Waals surface area contributed by atoms with Crippen LogP contribution in [0.4, 0.5) is 0 Å². The van der Waals surface area contributed by atoms with Crippen LogP contribution in [0.2, 0.25) is 0 Å². The minimum atomic E-state index is -0.357. The predicted molar refractivity (Wildman–Crippen MR) is 80.6 cm³/mol. The quantitative estimate of drug-likeness (QED) is 0.694. The third kappa shape index (κ3) is 5.68. The van der Waals surface area contributed by atoms with E-state index >= 15 is 0 Å². The topological polar surface area (TPSA) is 75.9 Å². The van der Waals surface area contributed by atoms with Crippen molar-refractivity contribution in [3.8, 4) is 0 Å². The first kappa shape index (κ1) is 17.3. The van der Waals surface area contributed by atoms with E-state index in [0.717, 1.165) is 5.75 Å². The highest BCUT2D eigenvalue weighted by Crippen LogP contribution is 2.13. The number of nitrogens with two attached hydrogens (primary N) is 1. The SMILES string of the molecule is CSC[C@@H](C)C(=O)N1CCO[C@@H](CN(C)CC(N)=O)C1. The fourth-order valence-electron chi connectivity index (χ4n) is 2.34. The van der Waals surface area contributed by atoms with Gasteiger partial charge in [0.2, 0.25) is 11.8 Å². The van der Waals surface area contributed by atoms with Crippen LogP contribution in [-0.2, 0) is 14.3 Å². The smallest absolute Gasteiger partial charge is 0.231 e. The summed E-state index contributed by atoms with van der Waals surface area (Å²) in [5.41, 5.74) is 5.16. The van der Waals surface area contributed by atoms with Crippen LogP contribution in [0.1, 0.15) is 6.92 Å². The lowest BCUT2D eigenvalue weighted by atomic mass is 10.1. The summed E-state index contributed by atoms with van der Waals surface area (Å²) in [6.45, 7) is 4.55. The van der Waals surface area contributed by atoms with Gasteiger partial charge in [-0.25, -0.2) is 0 Å². The Morgan fingerprint density at radius 1 is 1.55 bits per heavy atom. The monoisotopic (exact) mass is 303 g/mol. The van der Waals surface area contributed by atoms with Gasteiger partial charge >= 0.3 is 0 Å². The van der Waals surface area contributed by atoms with Crippen LogP contribution in [0.3, 0.4) is 0 Å². The van der Waals surface area contributed by atoms with E-state index in [0.29, 0.717) is 26.2 Å². The molecule has 0 aromatic rings. The second-order valence-electron chi connectivity index (χ2n) is 5.30. The Kier molecular flexibility index (Phi) is 7.32. The van der Waals surface area contributed by atoms with Crippen molar-refractivity contribution >= 4 is 23.6 Å². The number of carbonyl (C=O) groups is 2. The number of ether oxygens (including phenoxy) is 1. The minimum Gasteiger partial charge on any atom is -0.373 e. The zero-order valence-corrected chi connectivity index (χ0v) is 13.3. The van der Waals surface area contributed by atoms with Gasteiger partial charge in [-0.2, -0.15) is 11.8 Å². The Morgan fingerprint density at radius 3 is 2.85 bits per heavy atom. The highest BCUT2D eigenvalue weighted by Gasteiger charge is 2.27. The van der Waals surface area contributed by atoms with Crippen molar-refractivity contribution in [3.63, 3.8) is 0 Å². The molecule has 2 N–H and O–H groups in total. The molecule has 0 unspecified atom stereocenters. The number of nitrogens with zero attached hydrogens (tertiary/aromatic N) is 2. The van der Waals surface area contributed by atoms with E-state index in [1.165, 1.54) is 0 Å². The lowest BCUT2D eigenvalue weighted by Gasteiger charge is -2.35. The molecule has 1 rings (SSSR count). The molecule has 1 saturated heterocycles. The molecule has 0 aromatic heterocycles. The Hall–Kier alpha value is -0.790. The van der Waals surface area contributed by atoms with Crippen LogP contribution in [0, 0.1) is 5.92 Å². The Bertz CT molecular complexity index is 341. The summed E-state index contributed by atoms with van der Waals surface area (Å²) in [6.07, 6.45) is 1.95. The molecule has 7 heteroatoms. The fraction of sp³-hybridized carbons (Fsp3) is 0.846. The van der Waals surface area contributed by atoms with Gasteiger partial charge in [0.25, 0.3) is 0 Å². The standard InChI is InChI=1S/C13H25N3O3S/c1-10(9-20-3)13(18)16-4-5-19-11(7-16)6-15(2)8-12(14)17/h10-11H,4-9H2,1-3H3,(H2,14,17)/t10-,11+/m1/s1. The molecule has 6 nitrogen and oxygen atoms in total. The molecule has 0 radical (unpaired) electrons. The summed E-state index contributed by atoms with van der Waals surface area (Å²) in [6, 6.07) is 0. The van der Waals surface area contributed by atoms with Crippen LogP contribution in [0.25, 0.3) is 0 Å².